The van der Waals surface area contributed by atoms with E-state index < -0.39 is 0 Å². The molecule has 0 aliphatic carbocycles. The maximum absolute atomic E-state index is 12.3. The number of hydrogen-bond donors (Lipinski definition) is 1. The Bertz CT molecular complexity index is 604. The quantitative estimate of drug-likeness (QED) is 0.819. The second-order valence-corrected chi connectivity index (χ2v) is 6.59. The highest BCUT2D eigenvalue weighted by Crippen LogP contribution is 2.29. The van der Waals surface area contributed by atoms with Gasteiger partial charge in [-0.15, -0.1) is 0 Å². The van der Waals surface area contributed by atoms with Crippen molar-refractivity contribution in [2.24, 2.45) is 5.41 Å². The molecular weight excluding hydrogens is 292 g/mol. The summed E-state index contributed by atoms with van der Waals surface area (Å²) in [6.45, 7) is 11.2. The number of rotatable bonds is 6. The second-order valence-electron chi connectivity index (χ2n) is 6.59. The van der Waals surface area contributed by atoms with E-state index in [1.165, 1.54) is 6.08 Å². The summed E-state index contributed by atoms with van der Waals surface area (Å²) in [7, 11) is 0. The summed E-state index contributed by atoms with van der Waals surface area (Å²) in [5, 5.41) is 2.94. The summed E-state index contributed by atoms with van der Waals surface area (Å²) in [4.78, 5) is 25.5. The van der Waals surface area contributed by atoms with Gasteiger partial charge in [0.1, 0.15) is 5.75 Å². The van der Waals surface area contributed by atoms with Gasteiger partial charge >= 0.3 is 0 Å². The molecule has 0 radical (unpaired) electrons. The molecule has 1 saturated heterocycles. The molecule has 0 bridgehead atoms. The second kappa shape index (κ2) is 6.86. The third-order valence-electron chi connectivity index (χ3n) is 3.78. The van der Waals surface area contributed by atoms with E-state index in [0.29, 0.717) is 30.9 Å². The first kappa shape index (κ1) is 17.1. The Balaban J connectivity index is 1.88. The number of nitrogens with zero attached hydrogens (tertiary/aromatic N) is 1. The lowest BCUT2D eigenvalue weighted by molar-refractivity contribution is -0.136. The normalized spacial score (nSPS) is 15.7. The molecule has 2 amide bonds. The van der Waals surface area contributed by atoms with Gasteiger partial charge in [-0.1, -0.05) is 19.6 Å². The van der Waals surface area contributed by atoms with E-state index in [4.69, 9.17) is 4.74 Å². The minimum Gasteiger partial charge on any atom is -0.491 e. The molecule has 1 aliphatic heterocycles. The topological polar surface area (TPSA) is 58.6 Å². The molecule has 1 heterocycles. The van der Waals surface area contributed by atoms with Crippen molar-refractivity contribution >= 4 is 11.8 Å². The summed E-state index contributed by atoms with van der Waals surface area (Å²) in [6.07, 6.45) is 1.38. The maximum Gasteiger partial charge on any atom is 0.251 e. The Kier molecular flexibility index (Phi) is 5.08. The van der Waals surface area contributed by atoms with Crippen molar-refractivity contribution < 1.29 is 14.3 Å². The van der Waals surface area contributed by atoms with E-state index in [0.717, 1.165) is 0 Å². The van der Waals surface area contributed by atoms with E-state index in [-0.39, 0.29) is 23.3 Å². The monoisotopic (exact) mass is 316 g/mol. The number of carbonyl (C=O) groups excluding carboxylic acids is 2. The third-order valence-corrected chi connectivity index (χ3v) is 3.78. The zero-order valence-corrected chi connectivity index (χ0v) is 14.0. The first-order valence-electron chi connectivity index (χ1n) is 7.79. The average molecular weight is 316 g/mol. The molecule has 1 fully saturated rings. The first-order valence-corrected chi connectivity index (χ1v) is 7.79. The molecule has 5 nitrogen and oxygen atoms in total. The summed E-state index contributed by atoms with van der Waals surface area (Å²) in [5.41, 5.74) is 0.491. The van der Waals surface area contributed by atoms with Crippen molar-refractivity contribution in [2.45, 2.75) is 26.9 Å². The van der Waals surface area contributed by atoms with Crippen LogP contribution in [0.15, 0.2) is 36.9 Å². The average Bonchev–Trinajstić information content (AvgIpc) is 2.48. The summed E-state index contributed by atoms with van der Waals surface area (Å²) >= 11 is 0. The molecule has 0 spiro atoms. The Morgan fingerprint density at radius 1 is 1.43 bits per heavy atom. The molecule has 23 heavy (non-hydrogen) atoms. The highest BCUT2D eigenvalue weighted by molar-refractivity contribution is 5.94. The molecule has 1 aromatic carbocycles. The van der Waals surface area contributed by atoms with Crippen molar-refractivity contribution in [2.75, 3.05) is 19.6 Å². The van der Waals surface area contributed by atoms with Crippen LogP contribution in [-0.2, 0) is 4.79 Å². The van der Waals surface area contributed by atoms with Gasteiger partial charge in [0.05, 0.1) is 6.10 Å². The minimum absolute atomic E-state index is 0.0627. The van der Waals surface area contributed by atoms with Gasteiger partial charge in [-0.2, -0.15) is 0 Å². The van der Waals surface area contributed by atoms with E-state index in [1.807, 2.05) is 26.0 Å². The number of benzene rings is 1. The zero-order valence-electron chi connectivity index (χ0n) is 14.0. The molecule has 2 rings (SSSR count). The fourth-order valence-electron chi connectivity index (χ4n) is 2.65. The summed E-state index contributed by atoms with van der Waals surface area (Å²) in [5.74, 6) is 0.492. The predicted molar refractivity (Wildman–Crippen MR) is 89.4 cm³/mol. The lowest BCUT2D eigenvalue weighted by Gasteiger charge is -2.47. The fraction of sp³-hybridized carbons (Fsp3) is 0.444. The highest BCUT2D eigenvalue weighted by atomic mass is 16.5. The summed E-state index contributed by atoms with van der Waals surface area (Å²) < 4.78 is 5.60. The molecule has 0 saturated carbocycles. The van der Waals surface area contributed by atoms with Gasteiger partial charge in [0.2, 0.25) is 5.91 Å². The van der Waals surface area contributed by atoms with E-state index in [1.54, 1.807) is 17.0 Å². The number of hydrogen-bond acceptors (Lipinski definition) is 3. The van der Waals surface area contributed by atoms with E-state index in [2.05, 4.69) is 18.8 Å². The Morgan fingerprint density at radius 3 is 2.74 bits per heavy atom. The van der Waals surface area contributed by atoms with Gasteiger partial charge in [0.25, 0.3) is 5.91 Å². The van der Waals surface area contributed by atoms with E-state index >= 15 is 0 Å². The minimum atomic E-state index is -0.131. The molecule has 0 aromatic heterocycles. The number of carbonyl (C=O) groups is 2. The predicted octanol–water partition coefficient (Wildman–Crippen LogP) is 2.24. The largest absolute Gasteiger partial charge is 0.491 e. The first-order chi connectivity index (χ1) is 10.8. The fourth-order valence-corrected chi connectivity index (χ4v) is 2.65. The lowest BCUT2D eigenvalue weighted by atomic mass is 9.81. The molecule has 5 heteroatoms. The molecule has 0 atom stereocenters. The Morgan fingerprint density at radius 2 is 2.13 bits per heavy atom. The van der Waals surface area contributed by atoms with Crippen LogP contribution in [0, 0.1) is 5.41 Å². The van der Waals surface area contributed by atoms with Gasteiger partial charge in [-0.05, 0) is 38.1 Å². The maximum atomic E-state index is 12.3. The third kappa shape index (κ3) is 4.34. The van der Waals surface area contributed by atoms with Crippen LogP contribution in [0.2, 0.25) is 0 Å². The molecule has 1 N–H and O–H groups in total. The Hall–Kier alpha value is -2.30. The van der Waals surface area contributed by atoms with Crippen molar-refractivity contribution in [3.05, 3.63) is 42.5 Å². The van der Waals surface area contributed by atoms with Crippen molar-refractivity contribution in [3.63, 3.8) is 0 Å². The molecule has 124 valence electrons. The van der Waals surface area contributed by atoms with Crippen molar-refractivity contribution in [1.82, 2.24) is 10.2 Å². The van der Waals surface area contributed by atoms with Crippen LogP contribution in [0.5, 0.6) is 5.75 Å². The number of nitrogens with one attached hydrogen (secondary N) is 1. The van der Waals surface area contributed by atoms with Crippen molar-refractivity contribution in [1.29, 1.82) is 0 Å². The number of ether oxygens (including phenoxy) is 1. The summed E-state index contributed by atoms with van der Waals surface area (Å²) in [6, 6.07) is 7.15. The lowest BCUT2D eigenvalue weighted by Crippen LogP contribution is -2.60. The van der Waals surface area contributed by atoms with Gasteiger partial charge in [0, 0.05) is 30.6 Å². The van der Waals surface area contributed by atoms with Crippen LogP contribution in [0.3, 0.4) is 0 Å². The molecule has 0 unspecified atom stereocenters. The van der Waals surface area contributed by atoms with Gasteiger partial charge in [-0.3, -0.25) is 9.59 Å². The van der Waals surface area contributed by atoms with Crippen LogP contribution in [0.25, 0.3) is 0 Å². The standard InChI is InChI=1S/C18H24N2O3/c1-5-16(21)20-11-18(4,12-20)10-19-17(22)14-7-6-8-15(9-14)23-13(2)3/h5-9,13H,1,10-12H2,2-4H3,(H,19,22). The highest BCUT2D eigenvalue weighted by Gasteiger charge is 2.40. The Labute approximate surface area is 137 Å². The SMILES string of the molecule is C=CC(=O)N1CC(C)(CNC(=O)c2cccc(OC(C)C)c2)C1. The van der Waals surface area contributed by atoms with Gasteiger partial charge in [-0.25, -0.2) is 0 Å². The van der Waals surface area contributed by atoms with Crippen molar-refractivity contribution in [3.8, 4) is 5.75 Å². The van der Waals surface area contributed by atoms with Gasteiger partial charge in [0.15, 0.2) is 0 Å². The van der Waals surface area contributed by atoms with Crippen LogP contribution in [-0.4, -0.2) is 42.5 Å². The van der Waals surface area contributed by atoms with Crippen LogP contribution in [0.4, 0.5) is 0 Å². The van der Waals surface area contributed by atoms with Crippen LogP contribution in [0.1, 0.15) is 31.1 Å². The zero-order chi connectivity index (χ0) is 17.0. The molecule has 1 aliphatic rings. The van der Waals surface area contributed by atoms with E-state index in [9.17, 15) is 9.59 Å². The molecule has 1 aromatic rings. The van der Waals surface area contributed by atoms with Gasteiger partial charge < -0.3 is 15.0 Å². The number of likely N-dealkylation sites (tertiary alicyclic amines) is 1. The van der Waals surface area contributed by atoms with Crippen LogP contribution < -0.4 is 10.1 Å². The van der Waals surface area contributed by atoms with Crippen LogP contribution >= 0.6 is 0 Å². The smallest absolute Gasteiger partial charge is 0.251 e. The number of amides is 2. The molecular formula is C18H24N2O3.